The number of hydrogen-bond acceptors (Lipinski definition) is 4. The zero-order chi connectivity index (χ0) is 12.7. The minimum absolute atomic E-state index is 0.323. The summed E-state index contributed by atoms with van der Waals surface area (Å²) in [5.41, 5.74) is 2.02. The zero-order valence-corrected chi connectivity index (χ0v) is 10.2. The van der Waals surface area contributed by atoms with E-state index in [2.05, 4.69) is 10.3 Å². The molecule has 1 aromatic heterocycles. The van der Waals surface area contributed by atoms with Crippen LogP contribution in [0.5, 0.6) is 0 Å². The van der Waals surface area contributed by atoms with Gasteiger partial charge >= 0.3 is 5.97 Å². The molecule has 0 aliphatic heterocycles. The molecule has 0 aromatic carbocycles. The Labute approximate surface area is 104 Å². The number of aromatic nitrogens is 1. The Bertz CT molecular complexity index is 398. The minimum atomic E-state index is -1.03. The molecule has 1 rings (SSSR count). The molecular formula is C11H14N2O3S. The molecule has 92 valence electrons. The van der Waals surface area contributed by atoms with E-state index < -0.39 is 12.0 Å². The summed E-state index contributed by atoms with van der Waals surface area (Å²) >= 11 is 1.43. The first-order valence-corrected chi connectivity index (χ1v) is 6.21. The molecular weight excluding hydrogens is 240 g/mol. The maximum absolute atomic E-state index is 10.7. The molecule has 6 heteroatoms. The number of nitrogens with one attached hydrogen (secondary N) is 1. The van der Waals surface area contributed by atoms with Gasteiger partial charge in [-0.1, -0.05) is 6.07 Å². The van der Waals surface area contributed by atoms with Gasteiger partial charge < -0.3 is 10.4 Å². The van der Waals surface area contributed by atoms with Crippen LogP contribution in [0.15, 0.2) is 18.3 Å². The fourth-order valence-electron chi connectivity index (χ4n) is 1.22. The summed E-state index contributed by atoms with van der Waals surface area (Å²) in [4.78, 5) is 25.2. The summed E-state index contributed by atoms with van der Waals surface area (Å²) in [6.07, 6.45) is 2.12. The van der Waals surface area contributed by atoms with Gasteiger partial charge in [0, 0.05) is 17.7 Å². The van der Waals surface area contributed by atoms with Crippen molar-refractivity contribution in [1.82, 2.24) is 10.3 Å². The Morgan fingerprint density at radius 2 is 2.47 bits per heavy atom. The molecule has 5 nitrogen and oxygen atoms in total. The van der Waals surface area contributed by atoms with Crippen LogP contribution in [-0.4, -0.2) is 34.3 Å². The summed E-state index contributed by atoms with van der Waals surface area (Å²) in [6.45, 7) is 1.96. The van der Waals surface area contributed by atoms with Gasteiger partial charge in [-0.3, -0.25) is 9.78 Å². The lowest BCUT2D eigenvalue weighted by Crippen LogP contribution is -2.37. The molecule has 0 aliphatic carbocycles. The summed E-state index contributed by atoms with van der Waals surface area (Å²) in [6, 6.07) is 2.97. The third-order valence-electron chi connectivity index (χ3n) is 2.21. The largest absolute Gasteiger partial charge is 0.480 e. The number of rotatable bonds is 7. The number of aliphatic carboxylic acids is 1. The molecule has 0 aliphatic rings. The number of carbonyl (C=O) groups is 2. The van der Waals surface area contributed by atoms with Gasteiger partial charge in [0.05, 0.1) is 5.69 Å². The first kappa shape index (κ1) is 13.5. The van der Waals surface area contributed by atoms with Gasteiger partial charge in [0.15, 0.2) is 0 Å². The SMILES string of the molecule is Cc1cccnc1CSCC(NC=O)C(=O)O. The fourth-order valence-corrected chi connectivity index (χ4v) is 2.30. The van der Waals surface area contributed by atoms with E-state index in [4.69, 9.17) is 5.11 Å². The highest BCUT2D eigenvalue weighted by Gasteiger charge is 2.16. The van der Waals surface area contributed by atoms with Crippen molar-refractivity contribution in [3.8, 4) is 0 Å². The number of amides is 1. The van der Waals surface area contributed by atoms with Crippen molar-refractivity contribution in [3.05, 3.63) is 29.6 Å². The summed E-state index contributed by atoms with van der Waals surface area (Å²) in [7, 11) is 0. The van der Waals surface area contributed by atoms with Gasteiger partial charge in [0.2, 0.25) is 6.41 Å². The predicted octanol–water partition coefficient (Wildman–Crippen LogP) is 0.822. The van der Waals surface area contributed by atoms with Gasteiger partial charge in [-0.2, -0.15) is 11.8 Å². The zero-order valence-electron chi connectivity index (χ0n) is 9.42. The predicted molar refractivity (Wildman–Crippen MR) is 65.8 cm³/mol. The van der Waals surface area contributed by atoms with Crippen molar-refractivity contribution in [2.75, 3.05) is 5.75 Å². The van der Waals surface area contributed by atoms with Crippen LogP contribution in [0.25, 0.3) is 0 Å². The molecule has 0 radical (unpaired) electrons. The molecule has 0 saturated carbocycles. The highest BCUT2D eigenvalue weighted by Crippen LogP contribution is 2.14. The highest BCUT2D eigenvalue weighted by atomic mass is 32.2. The molecule has 1 amide bonds. The van der Waals surface area contributed by atoms with Crippen molar-refractivity contribution < 1.29 is 14.7 Å². The van der Waals surface area contributed by atoms with Crippen LogP contribution in [0.4, 0.5) is 0 Å². The molecule has 0 bridgehead atoms. The molecule has 1 unspecified atom stereocenters. The quantitative estimate of drug-likeness (QED) is 0.704. The Kier molecular flexibility index (Phi) is 5.48. The average Bonchev–Trinajstić information content (AvgIpc) is 2.30. The Morgan fingerprint density at radius 1 is 1.71 bits per heavy atom. The second-order valence-corrected chi connectivity index (χ2v) is 4.49. The smallest absolute Gasteiger partial charge is 0.327 e. The van der Waals surface area contributed by atoms with Gasteiger partial charge in [-0.25, -0.2) is 4.79 Å². The van der Waals surface area contributed by atoms with E-state index in [1.165, 1.54) is 11.8 Å². The van der Waals surface area contributed by atoms with Crippen LogP contribution in [0.1, 0.15) is 11.3 Å². The second kappa shape index (κ2) is 6.90. The lowest BCUT2D eigenvalue weighted by molar-refractivity contribution is -0.139. The molecule has 17 heavy (non-hydrogen) atoms. The van der Waals surface area contributed by atoms with E-state index in [-0.39, 0.29) is 0 Å². The molecule has 1 heterocycles. The third-order valence-corrected chi connectivity index (χ3v) is 3.26. The average molecular weight is 254 g/mol. The van der Waals surface area contributed by atoms with Crippen LogP contribution < -0.4 is 5.32 Å². The van der Waals surface area contributed by atoms with E-state index in [0.29, 0.717) is 17.9 Å². The lowest BCUT2D eigenvalue weighted by Gasteiger charge is -2.10. The third kappa shape index (κ3) is 4.44. The van der Waals surface area contributed by atoms with Gasteiger partial charge in [0.1, 0.15) is 6.04 Å². The van der Waals surface area contributed by atoms with Crippen LogP contribution in [0, 0.1) is 6.92 Å². The number of carbonyl (C=O) groups excluding carboxylic acids is 1. The Hall–Kier alpha value is -1.56. The highest BCUT2D eigenvalue weighted by molar-refractivity contribution is 7.98. The molecule has 0 spiro atoms. The number of pyridine rings is 1. The van der Waals surface area contributed by atoms with Crippen molar-refractivity contribution in [3.63, 3.8) is 0 Å². The van der Waals surface area contributed by atoms with Crippen molar-refractivity contribution in [2.45, 2.75) is 18.7 Å². The maximum atomic E-state index is 10.7. The van der Waals surface area contributed by atoms with Crippen molar-refractivity contribution >= 4 is 24.1 Å². The van der Waals surface area contributed by atoms with Gasteiger partial charge in [0.25, 0.3) is 0 Å². The van der Waals surface area contributed by atoms with E-state index in [9.17, 15) is 9.59 Å². The van der Waals surface area contributed by atoms with Crippen LogP contribution in [0.2, 0.25) is 0 Å². The number of carboxylic acid groups (broad SMARTS) is 1. The first-order valence-electron chi connectivity index (χ1n) is 5.06. The van der Waals surface area contributed by atoms with E-state index in [1.54, 1.807) is 6.20 Å². The van der Waals surface area contributed by atoms with E-state index in [1.807, 2.05) is 19.1 Å². The maximum Gasteiger partial charge on any atom is 0.327 e. The second-order valence-electron chi connectivity index (χ2n) is 3.46. The first-order chi connectivity index (χ1) is 8.15. The summed E-state index contributed by atoms with van der Waals surface area (Å²) in [5.74, 6) is -0.0662. The van der Waals surface area contributed by atoms with Crippen molar-refractivity contribution in [1.29, 1.82) is 0 Å². The fraction of sp³-hybridized carbons (Fsp3) is 0.364. The normalized spacial score (nSPS) is 11.8. The van der Waals surface area contributed by atoms with E-state index in [0.717, 1.165) is 11.3 Å². The van der Waals surface area contributed by atoms with Crippen molar-refractivity contribution in [2.24, 2.45) is 0 Å². The number of carboxylic acids is 1. The molecule has 2 N–H and O–H groups in total. The Balaban J connectivity index is 2.43. The number of hydrogen-bond donors (Lipinski definition) is 2. The summed E-state index contributed by atoms with van der Waals surface area (Å²) in [5, 5.41) is 11.1. The number of aryl methyl sites for hydroxylation is 1. The molecule has 0 saturated heterocycles. The Morgan fingerprint density at radius 3 is 3.06 bits per heavy atom. The number of thioether (sulfide) groups is 1. The molecule has 1 aromatic rings. The lowest BCUT2D eigenvalue weighted by atomic mass is 10.2. The minimum Gasteiger partial charge on any atom is -0.480 e. The van der Waals surface area contributed by atoms with E-state index >= 15 is 0 Å². The standard InChI is InChI=1S/C11H14N2O3S/c1-8-3-2-4-12-9(8)5-17-6-10(11(15)16)13-7-14/h2-4,7,10H,5-6H2,1H3,(H,13,14)(H,15,16). The monoisotopic (exact) mass is 254 g/mol. The molecule has 0 fully saturated rings. The van der Waals surface area contributed by atoms with Gasteiger partial charge in [-0.05, 0) is 18.6 Å². The molecule has 1 atom stereocenters. The van der Waals surface area contributed by atoms with Gasteiger partial charge in [-0.15, -0.1) is 0 Å². The number of nitrogens with zero attached hydrogens (tertiary/aromatic N) is 1. The van der Waals surface area contributed by atoms with Crippen LogP contribution in [0.3, 0.4) is 0 Å². The summed E-state index contributed by atoms with van der Waals surface area (Å²) < 4.78 is 0. The van der Waals surface area contributed by atoms with Crippen LogP contribution in [-0.2, 0) is 15.3 Å². The topological polar surface area (TPSA) is 79.3 Å². The van der Waals surface area contributed by atoms with Crippen LogP contribution >= 0.6 is 11.8 Å².